The van der Waals surface area contributed by atoms with Crippen LogP contribution in [-0.2, 0) is 11.3 Å². The average Bonchev–Trinajstić information content (AvgIpc) is 2.63. The van der Waals surface area contributed by atoms with E-state index in [-0.39, 0.29) is 6.54 Å². The molecule has 1 aliphatic heterocycles. The highest BCUT2D eigenvalue weighted by Gasteiger charge is 2.42. The Morgan fingerprint density at radius 2 is 1.89 bits per heavy atom. The number of hydrazone groups is 1. The average molecular weight is 321 g/mol. The molecular weight excluding hydrogens is 313 g/mol. The molecule has 0 spiro atoms. The van der Waals surface area contributed by atoms with Crippen molar-refractivity contribution in [2.75, 3.05) is 0 Å². The number of hydrogen-bond donors (Lipinski definition) is 0. The van der Waals surface area contributed by atoms with Gasteiger partial charge in [0, 0.05) is 4.47 Å². The monoisotopic (exact) mass is 320 g/mol. The zero-order valence-electron chi connectivity index (χ0n) is 9.04. The van der Waals surface area contributed by atoms with Gasteiger partial charge in [0.2, 0.25) is 5.91 Å². The minimum atomic E-state index is -4.54. The summed E-state index contributed by atoms with van der Waals surface area (Å²) in [6, 6.07) is 6.95. The molecule has 0 fully saturated rings. The number of rotatable bonds is 2. The number of hydrogen-bond acceptors (Lipinski definition) is 2. The summed E-state index contributed by atoms with van der Waals surface area (Å²) in [5.41, 5.74) is -0.316. The highest BCUT2D eigenvalue weighted by molar-refractivity contribution is 9.10. The van der Waals surface area contributed by atoms with Crippen LogP contribution >= 0.6 is 15.9 Å². The van der Waals surface area contributed by atoms with E-state index in [0.717, 1.165) is 15.0 Å². The number of carbonyl (C=O) groups excluding carboxylic acids is 1. The zero-order valence-corrected chi connectivity index (χ0v) is 10.6. The van der Waals surface area contributed by atoms with E-state index in [1.807, 2.05) is 0 Å². The van der Waals surface area contributed by atoms with Crippen molar-refractivity contribution in [1.29, 1.82) is 0 Å². The number of nitrogens with zero attached hydrogens (tertiary/aromatic N) is 2. The first-order chi connectivity index (χ1) is 8.36. The van der Waals surface area contributed by atoms with Crippen LogP contribution in [0.25, 0.3) is 0 Å². The fourth-order valence-electron chi connectivity index (χ4n) is 1.51. The molecule has 7 heteroatoms. The zero-order chi connectivity index (χ0) is 13.3. The maximum atomic E-state index is 12.4. The van der Waals surface area contributed by atoms with Crippen molar-refractivity contribution < 1.29 is 18.0 Å². The summed E-state index contributed by atoms with van der Waals surface area (Å²) in [6.45, 7) is 0.0473. The van der Waals surface area contributed by atoms with Gasteiger partial charge >= 0.3 is 6.18 Å². The van der Waals surface area contributed by atoms with Crippen LogP contribution in [0.15, 0.2) is 33.8 Å². The lowest BCUT2D eigenvalue weighted by Crippen LogP contribution is -2.22. The molecular formula is C11H8BrF3N2O. The van der Waals surface area contributed by atoms with Gasteiger partial charge in [0.25, 0.3) is 0 Å². The third-order valence-corrected chi connectivity index (χ3v) is 2.95. The summed E-state index contributed by atoms with van der Waals surface area (Å²) in [7, 11) is 0. The molecule has 1 heterocycles. The van der Waals surface area contributed by atoms with Gasteiger partial charge in [0.1, 0.15) is 0 Å². The van der Waals surface area contributed by atoms with Gasteiger partial charge in [0.15, 0.2) is 5.71 Å². The molecule has 96 valence electrons. The summed E-state index contributed by atoms with van der Waals surface area (Å²) < 4.78 is 38.0. The molecule has 3 nitrogen and oxygen atoms in total. The van der Waals surface area contributed by atoms with Crippen molar-refractivity contribution in [1.82, 2.24) is 5.01 Å². The van der Waals surface area contributed by atoms with E-state index in [4.69, 9.17) is 0 Å². The standard InChI is InChI=1S/C11H8BrF3N2O/c12-8-3-1-7(2-4-8)6-17-10(18)5-9(16-17)11(13,14)15/h1-4H,5-6H2. The van der Waals surface area contributed by atoms with Crippen LogP contribution in [0.2, 0.25) is 0 Å². The first-order valence-electron chi connectivity index (χ1n) is 5.06. The second kappa shape index (κ2) is 4.72. The molecule has 1 aromatic rings. The Labute approximate surface area is 109 Å². The molecule has 0 aromatic heterocycles. The Morgan fingerprint density at radius 3 is 2.39 bits per heavy atom. The topological polar surface area (TPSA) is 32.7 Å². The largest absolute Gasteiger partial charge is 0.431 e. The van der Waals surface area contributed by atoms with Gasteiger partial charge in [-0.2, -0.15) is 18.3 Å². The van der Waals surface area contributed by atoms with Crippen LogP contribution in [0.4, 0.5) is 13.2 Å². The lowest BCUT2D eigenvalue weighted by molar-refractivity contribution is -0.129. The molecule has 0 aliphatic carbocycles. The molecule has 1 aliphatic rings. The summed E-state index contributed by atoms with van der Waals surface area (Å²) >= 11 is 3.25. The third-order valence-electron chi connectivity index (χ3n) is 2.42. The number of alkyl halides is 3. The molecule has 0 radical (unpaired) electrons. The summed E-state index contributed by atoms with van der Waals surface area (Å²) in [4.78, 5) is 11.4. The van der Waals surface area contributed by atoms with Gasteiger partial charge in [-0.15, -0.1) is 0 Å². The Kier molecular flexibility index (Phi) is 3.43. The quantitative estimate of drug-likeness (QED) is 0.824. The maximum Gasteiger partial charge on any atom is 0.431 e. The molecule has 1 aromatic carbocycles. The Morgan fingerprint density at radius 1 is 1.28 bits per heavy atom. The fourth-order valence-corrected chi connectivity index (χ4v) is 1.78. The van der Waals surface area contributed by atoms with Gasteiger partial charge in [-0.25, -0.2) is 5.01 Å². The first kappa shape index (κ1) is 13.1. The van der Waals surface area contributed by atoms with Gasteiger partial charge in [-0.05, 0) is 17.7 Å². The van der Waals surface area contributed by atoms with Crippen molar-refractivity contribution in [2.24, 2.45) is 5.10 Å². The van der Waals surface area contributed by atoms with Gasteiger partial charge in [0.05, 0.1) is 13.0 Å². The minimum Gasteiger partial charge on any atom is -0.273 e. The second-order valence-corrected chi connectivity index (χ2v) is 4.71. The highest BCUT2D eigenvalue weighted by Crippen LogP contribution is 2.25. The third kappa shape index (κ3) is 2.90. The smallest absolute Gasteiger partial charge is 0.273 e. The Balaban J connectivity index is 2.12. The van der Waals surface area contributed by atoms with Crippen LogP contribution in [0.1, 0.15) is 12.0 Å². The van der Waals surface area contributed by atoms with Crippen molar-refractivity contribution in [3.05, 3.63) is 34.3 Å². The van der Waals surface area contributed by atoms with Crippen molar-refractivity contribution in [3.8, 4) is 0 Å². The maximum absolute atomic E-state index is 12.4. The lowest BCUT2D eigenvalue weighted by atomic mass is 10.2. The van der Waals surface area contributed by atoms with E-state index in [2.05, 4.69) is 21.0 Å². The predicted octanol–water partition coefficient (Wildman–Crippen LogP) is 3.10. The van der Waals surface area contributed by atoms with E-state index in [1.54, 1.807) is 24.3 Å². The molecule has 2 rings (SSSR count). The van der Waals surface area contributed by atoms with Crippen LogP contribution in [0.5, 0.6) is 0 Å². The summed E-state index contributed by atoms with van der Waals surface area (Å²) in [5, 5.41) is 4.18. The normalized spacial score (nSPS) is 16.1. The van der Waals surface area contributed by atoms with Gasteiger partial charge < -0.3 is 0 Å². The number of halogens is 4. The van der Waals surface area contributed by atoms with E-state index >= 15 is 0 Å². The van der Waals surface area contributed by atoms with Crippen LogP contribution < -0.4 is 0 Å². The van der Waals surface area contributed by atoms with Crippen molar-refractivity contribution >= 4 is 27.5 Å². The van der Waals surface area contributed by atoms with Crippen LogP contribution in [0, 0.1) is 0 Å². The first-order valence-corrected chi connectivity index (χ1v) is 5.85. The van der Waals surface area contributed by atoms with E-state index in [1.165, 1.54) is 0 Å². The molecule has 0 saturated carbocycles. The van der Waals surface area contributed by atoms with Crippen molar-refractivity contribution in [2.45, 2.75) is 19.1 Å². The van der Waals surface area contributed by atoms with Crippen molar-refractivity contribution in [3.63, 3.8) is 0 Å². The highest BCUT2D eigenvalue weighted by atomic mass is 79.9. The molecule has 0 atom stereocenters. The Bertz CT molecular complexity index is 496. The summed E-state index contributed by atoms with van der Waals surface area (Å²) in [6.07, 6.45) is -5.22. The van der Waals surface area contributed by atoms with Crippen LogP contribution in [-0.4, -0.2) is 22.8 Å². The lowest BCUT2D eigenvalue weighted by Gasteiger charge is -2.11. The predicted molar refractivity (Wildman–Crippen MR) is 62.8 cm³/mol. The van der Waals surface area contributed by atoms with Crippen LogP contribution in [0.3, 0.4) is 0 Å². The SMILES string of the molecule is O=C1CC(C(F)(F)F)=NN1Cc1ccc(Br)cc1. The second-order valence-electron chi connectivity index (χ2n) is 3.80. The Hall–Kier alpha value is -1.37. The molecule has 18 heavy (non-hydrogen) atoms. The molecule has 0 bridgehead atoms. The molecule has 0 unspecified atom stereocenters. The van der Waals surface area contributed by atoms with Gasteiger partial charge in [-0.3, -0.25) is 4.79 Å². The van der Waals surface area contributed by atoms with E-state index in [0.29, 0.717) is 0 Å². The number of amides is 1. The molecule has 0 N–H and O–H groups in total. The molecule has 0 saturated heterocycles. The number of carbonyl (C=O) groups is 1. The van der Waals surface area contributed by atoms with Gasteiger partial charge in [-0.1, -0.05) is 28.1 Å². The van der Waals surface area contributed by atoms with E-state index in [9.17, 15) is 18.0 Å². The summed E-state index contributed by atoms with van der Waals surface area (Å²) in [5.74, 6) is -0.634. The fraction of sp³-hybridized carbons (Fsp3) is 0.273. The minimum absolute atomic E-state index is 0.0473. The number of benzene rings is 1. The molecule has 1 amide bonds. The van der Waals surface area contributed by atoms with E-state index < -0.39 is 24.2 Å².